The van der Waals surface area contributed by atoms with Gasteiger partial charge < -0.3 is 15.2 Å². The lowest BCUT2D eigenvalue weighted by Crippen LogP contribution is -2.22. The lowest BCUT2D eigenvalue weighted by Gasteiger charge is -2.23. The number of pyridine rings is 2. The van der Waals surface area contributed by atoms with Crippen LogP contribution in [0.4, 0.5) is 14.6 Å². The Kier molecular flexibility index (Phi) is 7.63. The van der Waals surface area contributed by atoms with Gasteiger partial charge in [0.2, 0.25) is 11.8 Å². The average Bonchev–Trinajstić information content (AvgIpc) is 3.66. The zero-order chi connectivity index (χ0) is 24.1. The fourth-order valence-corrected chi connectivity index (χ4v) is 4.80. The second-order valence-corrected chi connectivity index (χ2v) is 9.53. The molecule has 0 radical (unpaired) electrons. The molecule has 0 spiro atoms. The van der Waals surface area contributed by atoms with Crippen molar-refractivity contribution in [3.8, 4) is 5.88 Å². The molecule has 2 N–H and O–H groups in total. The van der Waals surface area contributed by atoms with Crippen LogP contribution in [0, 0.1) is 0 Å². The molecule has 1 aliphatic heterocycles. The van der Waals surface area contributed by atoms with E-state index in [1.807, 2.05) is 0 Å². The Bertz CT molecular complexity index is 994. The topological polar surface area (TPSA) is 84.3 Å². The summed E-state index contributed by atoms with van der Waals surface area (Å²) in [6.07, 6.45) is 6.50. The van der Waals surface area contributed by atoms with Crippen molar-refractivity contribution in [2.24, 2.45) is 0 Å². The highest BCUT2D eigenvalue weighted by Gasteiger charge is 2.34. The number of ether oxygens (including phenoxy) is 1. The van der Waals surface area contributed by atoms with Crippen molar-refractivity contribution >= 4 is 11.8 Å². The predicted molar refractivity (Wildman–Crippen MR) is 126 cm³/mol. The number of nitrogens with zero attached hydrogens (tertiary/aromatic N) is 2. The Morgan fingerprint density at radius 3 is 2.82 bits per heavy atom. The number of aromatic nitrogens is 2. The number of unbranched alkanes of at least 4 members (excludes halogenated alkanes) is 1. The number of hydrogen-bond donors (Lipinski definition) is 2. The second kappa shape index (κ2) is 10.7. The molecule has 184 valence electrons. The molecule has 4 rings (SSSR count). The summed E-state index contributed by atoms with van der Waals surface area (Å²) in [6.45, 7) is 0.926. The number of anilines is 1. The molecule has 0 aromatic carbocycles. The van der Waals surface area contributed by atoms with Gasteiger partial charge in [-0.1, -0.05) is 12.1 Å². The van der Waals surface area contributed by atoms with Crippen molar-refractivity contribution in [3.63, 3.8) is 0 Å². The molecular weight excluding hydrogens is 440 g/mol. The zero-order valence-corrected chi connectivity index (χ0v) is 19.7. The molecule has 1 saturated carbocycles. The van der Waals surface area contributed by atoms with Crippen molar-refractivity contribution in [1.29, 1.82) is 0 Å². The van der Waals surface area contributed by atoms with Gasteiger partial charge in [-0.05, 0) is 67.6 Å². The lowest BCUT2D eigenvalue weighted by atomic mass is 9.89. The summed E-state index contributed by atoms with van der Waals surface area (Å²) in [7, 11) is 1.47. The summed E-state index contributed by atoms with van der Waals surface area (Å²) >= 11 is 0. The number of carboxylic acid groups (broad SMARTS) is 1. The normalized spacial score (nSPS) is 16.4. The van der Waals surface area contributed by atoms with Gasteiger partial charge in [0, 0.05) is 43.3 Å². The SMILES string of the molecule is COc1ccc([C@@H](CC(=O)O)CC(F)(F)CCCCc2nc3c(cc2C2CC2)CCCN3)cn1. The first-order valence-corrected chi connectivity index (χ1v) is 12.2. The highest BCUT2D eigenvalue weighted by Crippen LogP contribution is 2.43. The quantitative estimate of drug-likeness (QED) is 0.384. The first-order chi connectivity index (χ1) is 16.3. The van der Waals surface area contributed by atoms with Crippen molar-refractivity contribution in [1.82, 2.24) is 9.97 Å². The Hall–Kier alpha value is -2.77. The van der Waals surface area contributed by atoms with Gasteiger partial charge in [0.05, 0.1) is 13.5 Å². The van der Waals surface area contributed by atoms with E-state index >= 15 is 0 Å². The molecule has 6 nitrogen and oxygen atoms in total. The van der Waals surface area contributed by atoms with E-state index in [2.05, 4.69) is 16.4 Å². The Morgan fingerprint density at radius 1 is 1.32 bits per heavy atom. The minimum absolute atomic E-state index is 0.269. The molecule has 0 saturated heterocycles. The maximum atomic E-state index is 14.9. The standard InChI is InChI=1S/C26H33F2N3O3/c1-34-23-10-9-19(16-30-23)20(14-24(32)33)15-26(27,28)11-3-2-6-22-21(17-7-8-17)13-18-5-4-12-29-25(18)31-22/h9-10,13,16-17,20H,2-8,11-12,14-15H2,1H3,(H,29,31)(H,32,33)/t20-/m0/s1. The van der Waals surface area contributed by atoms with Crippen LogP contribution >= 0.6 is 0 Å². The molecule has 3 heterocycles. The third-order valence-electron chi connectivity index (χ3n) is 6.76. The summed E-state index contributed by atoms with van der Waals surface area (Å²) in [6, 6.07) is 5.47. The molecule has 8 heteroatoms. The maximum absolute atomic E-state index is 14.9. The van der Waals surface area contributed by atoms with E-state index in [4.69, 9.17) is 9.72 Å². The molecule has 0 unspecified atom stereocenters. The number of carboxylic acids is 1. The van der Waals surface area contributed by atoms with E-state index in [0.29, 0.717) is 36.6 Å². The minimum atomic E-state index is -2.95. The van der Waals surface area contributed by atoms with Gasteiger partial charge in [-0.25, -0.2) is 18.7 Å². The number of methoxy groups -OCH3 is 1. The summed E-state index contributed by atoms with van der Waals surface area (Å²) in [4.78, 5) is 20.2. The minimum Gasteiger partial charge on any atom is -0.481 e. The number of aliphatic carboxylic acids is 1. The van der Waals surface area contributed by atoms with Crippen LogP contribution in [0.25, 0.3) is 0 Å². The molecular formula is C26H33F2N3O3. The van der Waals surface area contributed by atoms with Gasteiger partial charge in [-0.15, -0.1) is 0 Å². The lowest BCUT2D eigenvalue weighted by molar-refractivity contribution is -0.138. The van der Waals surface area contributed by atoms with Crippen LogP contribution in [0.15, 0.2) is 24.4 Å². The smallest absolute Gasteiger partial charge is 0.303 e. The van der Waals surface area contributed by atoms with Crippen molar-refractivity contribution in [2.45, 2.75) is 82.0 Å². The van der Waals surface area contributed by atoms with Gasteiger partial charge >= 0.3 is 5.97 Å². The molecule has 34 heavy (non-hydrogen) atoms. The number of hydrogen-bond acceptors (Lipinski definition) is 5. The highest BCUT2D eigenvalue weighted by atomic mass is 19.3. The number of nitrogens with one attached hydrogen (secondary N) is 1. The monoisotopic (exact) mass is 473 g/mol. The summed E-state index contributed by atoms with van der Waals surface area (Å²) in [5.41, 5.74) is 4.12. The molecule has 2 aromatic rings. The average molecular weight is 474 g/mol. The number of carbonyl (C=O) groups is 1. The maximum Gasteiger partial charge on any atom is 0.303 e. The highest BCUT2D eigenvalue weighted by molar-refractivity contribution is 5.68. The third kappa shape index (κ3) is 6.42. The van der Waals surface area contributed by atoms with E-state index in [-0.39, 0.29) is 12.8 Å². The fraction of sp³-hybridized carbons (Fsp3) is 0.577. The molecule has 2 aliphatic rings. The number of rotatable bonds is 12. The number of fused-ring (bicyclic) bond motifs is 1. The summed E-state index contributed by atoms with van der Waals surface area (Å²) < 4.78 is 34.7. The van der Waals surface area contributed by atoms with Crippen LogP contribution in [0.2, 0.25) is 0 Å². The molecule has 1 fully saturated rings. The molecule has 1 atom stereocenters. The molecule has 0 amide bonds. The van der Waals surface area contributed by atoms with Crippen LogP contribution in [-0.2, 0) is 17.6 Å². The van der Waals surface area contributed by atoms with Gasteiger partial charge in [0.1, 0.15) is 5.82 Å². The van der Waals surface area contributed by atoms with Crippen molar-refractivity contribution in [2.75, 3.05) is 19.0 Å². The largest absolute Gasteiger partial charge is 0.481 e. The van der Waals surface area contributed by atoms with Gasteiger partial charge in [0.25, 0.3) is 0 Å². The Morgan fingerprint density at radius 2 is 2.15 bits per heavy atom. The number of halogens is 2. The van der Waals surface area contributed by atoms with Crippen LogP contribution < -0.4 is 10.1 Å². The Labute approximate surface area is 199 Å². The van der Waals surface area contributed by atoms with Crippen LogP contribution in [0.3, 0.4) is 0 Å². The zero-order valence-electron chi connectivity index (χ0n) is 19.7. The number of alkyl halides is 2. The number of aryl methyl sites for hydroxylation is 2. The van der Waals surface area contributed by atoms with Gasteiger partial charge in [0.15, 0.2) is 0 Å². The summed E-state index contributed by atoms with van der Waals surface area (Å²) in [5.74, 6) is -2.96. The molecule has 2 aromatic heterocycles. The predicted octanol–water partition coefficient (Wildman–Crippen LogP) is 5.72. The van der Waals surface area contributed by atoms with Crippen LogP contribution in [0.1, 0.15) is 85.6 Å². The van der Waals surface area contributed by atoms with E-state index in [9.17, 15) is 18.7 Å². The van der Waals surface area contributed by atoms with Crippen molar-refractivity contribution in [3.05, 3.63) is 46.8 Å². The van der Waals surface area contributed by atoms with Gasteiger partial charge in [-0.3, -0.25) is 4.79 Å². The summed E-state index contributed by atoms with van der Waals surface area (Å²) in [5, 5.41) is 12.6. The van der Waals surface area contributed by atoms with E-state index < -0.39 is 24.2 Å². The molecule has 0 bridgehead atoms. The third-order valence-corrected chi connectivity index (χ3v) is 6.76. The van der Waals surface area contributed by atoms with Crippen LogP contribution in [-0.4, -0.2) is 40.6 Å². The second-order valence-electron chi connectivity index (χ2n) is 9.53. The Balaban J connectivity index is 1.34. The van der Waals surface area contributed by atoms with Crippen molar-refractivity contribution < 1.29 is 23.4 Å². The fourth-order valence-electron chi connectivity index (χ4n) is 4.80. The van der Waals surface area contributed by atoms with Crippen LogP contribution in [0.5, 0.6) is 5.88 Å². The van der Waals surface area contributed by atoms with E-state index in [1.54, 1.807) is 12.1 Å². The first kappa shape index (κ1) is 24.4. The van der Waals surface area contributed by atoms with Gasteiger partial charge in [-0.2, -0.15) is 0 Å². The molecule has 1 aliphatic carbocycles. The first-order valence-electron chi connectivity index (χ1n) is 12.2. The van der Waals surface area contributed by atoms with E-state index in [1.165, 1.54) is 37.3 Å². The van der Waals surface area contributed by atoms with E-state index in [0.717, 1.165) is 30.9 Å².